The first-order valence-electron chi connectivity index (χ1n) is 11.8. The van der Waals surface area contributed by atoms with Gasteiger partial charge in [-0.25, -0.2) is 4.98 Å². The highest BCUT2D eigenvalue weighted by atomic mass is 16.5. The van der Waals surface area contributed by atoms with E-state index in [-0.39, 0.29) is 18.1 Å². The number of piperidine rings is 1. The number of likely N-dealkylation sites (tertiary alicyclic amines) is 1. The number of pyridine rings is 1. The van der Waals surface area contributed by atoms with E-state index in [0.29, 0.717) is 23.9 Å². The minimum Gasteiger partial charge on any atom is -0.492 e. The van der Waals surface area contributed by atoms with Gasteiger partial charge in [0.1, 0.15) is 0 Å². The lowest BCUT2D eigenvalue weighted by atomic mass is 9.97. The van der Waals surface area contributed by atoms with Crippen molar-refractivity contribution in [2.24, 2.45) is 5.92 Å². The third-order valence-corrected chi connectivity index (χ3v) is 6.70. The van der Waals surface area contributed by atoms with E-state index in [4.69, 9.17) is 9.47 Å². The zero-order valence-electron chi connectivity index (χ0n) is 19.5. The fourth-order valence-corrected chi connectivity index (χ4v) is 4.61. The summed E-state index contributed by atoms with van der Waals surface area (Å²) in [5, 5.41) is 3.46. The summed E-state index contributed by atoms with van der Waals surface area (Å²) in [7, 11) is 1.60. The number of nitrogens with zero attached hydrogens (tertiary/aromatic N) is 2. The second-order valence-corrected chi connectivity index (χ2v) is 9.18. The Bertz CT molecular complexity index is 907. The number of amides is 1. The average Bonchev–Trinajstić information content (AvgIpc) is 2.83. The van der Waals surface area contributed by atoms with Gasteiger partial charge < -0.3 is 19.7 Å². The molecule has 2 atom stereocenters. The largest absolute Gasteiger partial charge is 0.492 e. The molecule has 2 saturated heterocycles. The normalized spacial score (nSPS) is 21.9. The number of anilines is 1. The fourth-order valence-electron chi connectivity index (χ4n) is 4.61. The topological polar surface area (TPSA) is 63.7 Å². The Labute approximate surface area is 191 Å². The van der Waals surface area contributed by atoms with E-state index in [1.54, 1.807) is 13.3 Å². The van der Waals surface area contributed by atoms with Gasteiger partial charge in [0.25, 0.3) is 5.91 Å². The molecule has 1 aromatic heterocycles. The molecule has 1 amide bonds. The molecule has 0 unspecified atom stereocenters. The SMILES string of the molecule is COc1c(NC[C@H]2CCC[C@@H](c3ccc(C)cc3)O2)ccnc1C(=O)N1CCC(C)CC1. The van der Waals surface area contributed by atoms with Crippen molar-refractivity contribution in [2.45, 2.75) is 58.2 Å². The van der Waals surface area contributed by atoms with Gasteiger partial charge in [0.2, 0.25) is 0 Å². The number of aromatic nitrogens is 1. The Kier molecular flexibility index (Phi) is 7.30. The van der Waals surface area contributed by atoms with Crippen molar-refractivity contribution in [3.05, 3.63) is 53.3 Å². The van der Waals surface area contributed by atoms with Gasteiger partial charge >= 0.3 is 0 Å². The van der Waals surface area contributed by atoms with Crippen LogP contribution in [0.5, 0.6) is 5.75 Å². The lowest BCUT2D eigenvalue weighted by Gasteiger charge is -2.31. The van der Waals surface area contributed by atoms with E-state index in [1.165, 1.54) is 11.1 Å². The third kappa shape index (κ3) is 5.23. The summed E-state index contributed by atoms with van der Waals surface area (Å²) in [6.07, 6.45) is 7.19. The van der Waals surface area contributed by atoms with Crippen LogP contribution < -0.4 is 10.1 Å². The van der Waals surface area contributed by atoms with E-state index >= 15 is 0 Å². The molecule has 4 rings (SSSR count). The third-order valence-electron chi connectivity index (χ3n) is 6.70. The van der Waals surface area contributed by atoms with Gasteiger partial charge in [-0.2, -0.15) is 0 Å². The molecule has 0 spiro atoms. The molecule has 2 aliphatic heterocycles. The summed E-state index contributed by atoms with van der Waals surface area (Å²) < 4.78 is 12.0. The molecule has 2 fully saturated rings. The number of aryl methyl sites for hydroxylation is 1. The van der Waals surface area contributed by atoms with Gasteiger partial charge in [0, 0.05) is 25.8 Å². The Hall–Kier alpha value is -2.60. The molecule has 0 bridgehead atoms. The molecule has 0 radical (unpaired) electrons. The number of hydrogen-bond acceptors (Lipinski definition) is 5. The van der Waals surface area contributed by atoms with Gasteiger partial charge in [-0.1, -0.05) is 36.8 Å². The molecule has 1 N–H and O–H groups in total. The van der Waals surface area contributed by atoms with Crippen molar-refractivity contribution in [3.8, 4) is 5.75 Å². The summed E-state index contributed by atoms with van der Waals surface area (Å²) in [6, 6.07) is 10.5. The van der Waals surface area contributed by atoms with Crippen LogP contribution in [0.25, 0.3) is 0 Å². The summed E-state index contributed by atoms with van der Waals surface area (Å²) in [6.45, 7) is 6.56. The van der Waals surface area contributed by atoms with Crippen molar-refractivity contribution < 1.29 is 14.3 Å². The molecule has 0 aliphatic carbocycles. The number of ether oxygens (including phenoxy) is 2. The van der Waals surface area contributed by atoms with Crippen LogP contribution in [-0.2, 0) is 4.74 Å². The lowest BCUT2D eigenvalue weighted by molar-refractivity contribution is -0.0442. The van der Waals surface area contributed by atoms with Crippen LogP contribution in [0.3, 0.4) is 0 Å². The first-order valence-corrected chi connectivity index (χ1v) is 11.8. The van der Waals surface area contributed by atoms with Crippen molar-refractivity contribution in [2.75, 3.05) is 32.1 Å². The number of methoxy groups -OCH3 is 1. The van der Waals surface area contributed by atoms with E-state index in [0.717, 1.165) is 50.9 Å². The minimum absolute atomic E-state index is 0.0502. The second-order valence-electron chi connectivity index (χ2n) is 9.18. The van der Waals surface area contributed by atoms with Crippen LogP contribution in [0.1, 0.15) is 66.7 Å². The van der Waals surface area contributed by atoms with Crippen molar-refractivity contribution in [1.29, 1.82) is 0 Å². The smallest absolute Gasteiger partial charge is 0.276 e. The number of hydrogen-bond donors (Lipinski definition) is 1. The predicted octanol–water partition coefficient (Wildman–Crippen LogP) is 4.99. The summed E-state index contributed by atoms with van der Waals surface area (Å²) >= 11 is 0. The van der Waals surface area contributed by atoms with Gasteiger partial charge in [-0.15, -0.1) is 0 Å². The van der Waals surface area contributed by atoms with E-state index < -0.39 is 0 Å². The van der Waals surface area contributed by atoms with Crippen molar-refractivity contribution in [3.63, 3.8) is 0 Å². The van der Waals surface area contributed by atoms with E-state index in [2.05, 4.69) is 48.4 Å². The van der Waals surface area contributed by atoms with Crippen molar-refractivity contribution in [1.82, 2.24) is 9.88 Å². The first-order chi connectivity index (χ1) is 15.5. The average molecular weight is 438 g/mol. The van der Waals surface area contributed by atoms with Gasteiger partial charge in [-0.3, -0.25) is 4.79 Å². The van der Waals surface area contributed by atoms with E-state index in [1.807, 2.05) is 11.0 Å². The van der Waals surface area contributed by atoms with Gasteiger partial charge in [0.05, 0.1) is 25.0 Å². The van der Waals surface area contributed by atoms with Gasteiger partial charge in [0.15, 0.2) is 11.4 Å². The predicted molar refractivity (Wildman–Crippen MR) is 126 cm³/mol. The number of carbonyl (C=O) groups excluding carboxylic acids is 1. The Morgan fingerprint density at radius 3 is 2.62 bits per heavy atom. The van der Waals surface area contributed by atoms with Crippen LogP contribution in [0.4, 0.5) is 5.69 Å². The highest BCUT2D eigenvalue weighted by molar-refractivity contribution is 5.96. The Balaban J connectivity index is 1.41. The molecule has 1 aromatic carbocycles. The maximum atomic E-state index is 13.1. The maximum Gasteiger partial charge on any atom is 0.276 e. The number of carbonyl (C=O) groups is 1. The second kappa shape index (κ2) is 10.3. The quantitative estimate of drug-likeness (QED) is 0.690. The summed E-state index contributed by atoms with van der Waals surface area (Å²) in [5.41, 5.74) is 3.67. The summed E-state index contributed by atoms with van der Waals surface area (Å²) in [5.74, 6) is 1.13. The molecule has 2 aromatic rings. The van der Waals surface area contributed by atoms with Crippen LogP contribution >= 0.6 is 0 Å². The number of rotatable bonds is 6. The number of nitrogens with one attached hydrogen (secondary N) is 1. The highest BCUT2D eigenvalue weighted by Gasteiger charge is 2.27. The highest BCUT2D eigenvalue weighted by Crippen LogP contribution is 2.33. The van der Waals surface area contributed by atoms with Crippen LogP contribution in [0.2, 0.25) is 0 Å². The molecule has 6 nitrogen and oxygen atoms in total. The molecule has 0 saturated carbocycles. The molecule has 3 heterocycles. The minimum atomic E-state index is -0.0502. The van der Waals surface area contributed by atoms with Crippen LogP contribution in [0.15, 0.2) is 36.5 Å². The molecular weight excluding hydrogens is 402 g/mol. The Morgan fingerprint density at radius 2 is 1.91 bits per heavy atom. The molecule has 32 heavy (non-hydrogen) atoms. The van der Waals surface area contributed by atoms with Crippen LogP contribution in [-0.4, -0.2) is 48.6 Å². The zero-order valence-corrected chi connectivity index (χ0v) is 19.5. The molecular formula is C26H35N3O3. The fraction of sp³-hybridized carbons (Fsp3) is 0.538. The molecule has 172 valence electrons. The van der Waals surface area contributed by atoms with Gasteiger partial charge in [-0.05, 0) is 56.6 Å². The maximum absolute atomic E-state index is 13.1. The number of benzene rings is 1. The first kappa shape index (κ1) is 22.6. The molecule has 2 aliphatic rings. The zero-order chi connectivity index (χ0) is 22.5. The van der Waals surface area contributed by atoms with Crippen LogP contribution in [0, 0.1) is 12.8 Å². The standard InChI is InChI=1S/C26H35N3O3/c1-18-7-9-20(10-8-18)23-6-4-5-21(32-23)17-28-22-11-14-27-24(25(22)31-3)26(30)29-15-12-19(2)13-16-29/h7-11,14,19,21,23H,4-6,12-13,15-17H2,1-3H3,(H,27,28)/t21-,23+/m1/s1. The molecule has 6 heteroatoms. The van der Waals surface area contributed by atoms with Crippen molar-refractivity contribution >= 4 is 11.6 Å². The summed E-state index contributed by atoms with van der Waals surface area (Å²) in [4.78, 5) is 19.4. The monoisotopic (exact) mass is 437 g/mol. The van der Waals surface area contributed by atoms with E-state index in [9.17, 15) is 4.79 Å². The Morgan fingerprint density at radius 1 is 1.16 bits per heavy atom. The lowest BCUT2D eigenvalue weighted by Crippen LogP contribution is -2.38.